The Morgan fingerprint density at radius 3 is 2.12 bits per heavy atom. The first-order valence-electron chi connectivity index (χ1n) is 8.37. The SMILES string of the molecule is CC(=O)OCC(O)[C@H](Cc1ccccc1)NC(=O)OCc1ccccc1. The maximum atomic E-state index is 12.1. The monoisotopic (exact) mass is 357 g/mol. The average molecular weight is 357 g/mol. The predicted molar refractivity (Wildman–Crippen MR) is 96.3 cm³/mol. The number of hydrogen-bond donors (Lipinski definition) is 2. The summed E-state index contributed by atoms with van der Waals surface area (Å²) in [6.07, 6.45) is -1.32. The van der Waals surface area contributed by atoms with Crippen LogP contribution in [0.2, 0.25) is 0 Å². The maximum absolute atomic E-state index is 12.1. The van der Waals surface area contributed by atoms with Gasteiger partial charge in [0.1, 0.15) is 19.3 Å². The molecule has 2 rings (SSSR count). The fourth-order valence-electron chi connectivity index (χ4n) is 2.39. The van der Waals surface area contributed by atoms with Crippen molar-refractivity contribution in [3.8, 4) is 0 Å². The number of esters is 1. The van der Waals surface area contributed by atoms with E-state index in [1.165, 1.54) is 6.92 Å². The second kappa shape index (κ2) is 10.2. The summed E-state index contributed by atoms with van der Waals surface area (Å²) in [5, 5.41) is 13.0. The minimum absolute atomic E-state index is 0.130. The van der Waals surface area contributed by atoms with Crippen molar-refractivity contribution in [2.24, 2.45) is 0 Å². The molecule has 6 nitrogen and oxygen atoms in total. The largest absolute Gasteiger partial charge is 0.463 e. The second-order valence-electron chi connectivity index (χ2n) is 5.87. The number of carbonyl (C=O) groups is 2. The van der Waals surface area contributed by atoms with Crippen molar-refractivity contribution in [1.82, 2.24) is 5.32 Å². The summed E-state index contributed by atoms with van der Waals surface area (Å²) < 4.78 is 10.1. The number of aliphatic hydroxyl groups is 1. The fraction of sp³-hybridized carbons (Fsp3) is 0.300. The first-order chi connectivity index (χ1) is 12.5. The molecule has 2 aromatic rings. The molecule has 0 aliphatic heterocycles. The molecule has 0 spiro atoms. The summed E-state index contributed by atoms with van der Waals surface area (Å²) in [5.41, 5.74) is 1.80. The van der Waals surface area contributed by atoms with Crippen molar-refractivity contribution in [3.63, 3.8) is 0 Å². The highest BCUT2D eigenvalue weighted by Crippen LogP contribution is 2.08. The lowest BCUT2D eigenvalue weighted by atomic mass is 10.0. The number of rotatable bonds is 8. The summed E-state index contributed by atoms with van der Waals surface area (Å²) >= 11 is 0. The first kappa shape index (κ1) is 19.5. The van der Waals surface area contributed by atoms with Crippen molar-refractivity contribution in [2.45, 2.75) is 32.1 Å². The quantitative estimate of drug-likeness (QED) is 0.709. The number of alkyl carbamates (subject to hydrolysis) is 1. The van der Waals surface area contributed by atoms with E-state index in [1.54, 1.807) is 0 Å². The standard InChI is InChI=1S/C20H23NO5/c1-15(22)25-14-19(23)18(12-16-8-4-2-5-9-16)21-20(24)26-13-17-10-6-3-7-11-17/h2-11,18-19,23H,12-14H2,1H3,(H,21,24)/t18-,19?/m0/s1. The van der Waals surface area contributed by atoms with Gasteiger partial charge in [0.15, 0.2) is 0 Å². The summed E-state index contributed by atoms with van der Waals surface area (Å²) in [6.45, 7) is 1.19. The highest BCUT2D eigenvalue weighted by atomic mass is 16.6. The number of nitrogens with one attached hydrogen (secondary N) is 1. The number of hydrogen-bond acceptors (Lipinski definition) is 5. The molecule has 0 saturated carbocycles. The molecular formula is C20H23NO5. The molecule has 0 saturated heterocycles. The fourth-order valence-corrected chi connectivity index (χ4v) is 2.39. The lowest BCUT2D eigenvalue weighted by Gasteiger charge is -2.23. The van der Waals surface area contributed by atoms with Gasteiger partial charge in [-0.2, -0.15) is 0 Å². The third kappa shape index (κ3) is 6.94. The summed E-state index contributed by atoms with van der Waals surface area (Å²) in [5.74, 6) is -0.492. The van der Waals surface area contributed by atoms with E-state index in [9.17, 15) is 14.7 Å². The van der Waals surface area contributed by atoms with Gasteiger partial charge in [-0.15, -0.1) is 0 Å². The third-order valence-corrected chi connectivity index (χ3v) is 3.74. The van der Waals surface area contributed by atoms with Crippen LogP contribution in [0.25, 0.3) is 0 Å². The Labute approximate surface area is 152 Å². The average Bonchev–Trinajstić information content (AvgIpc) is 2.65. The van der Waals surface area contributed by atoms with Crippen LogP contribution in [0.1, 0.15) is 18.1 Å². The molecule has 2 N–H and O–H groups in total. The molecule has 0 aliphatic rings. The van der Waals surface area contributed by atoms with Gasteiger partial charge in [0, 0.05) is 6.92 Å². The molecule has 1 amide bonds. The van der Waals surface area contributed by atoms with Gasteiger partial charge in [-0.1, -0.05) is 60.7 Å². The van der Waals surface area contributed by atoms with Crippen LogP contribution < -0.4 is 5.32 Å². The van der Waals surface area contributed by atoms with Crippen molar-refractivity contribution < 1.29 is 24.2 Å². The first-order valence-corrected chi connectivity index (χ1v) is 8.37. The van der Waals surface area contributed by atoms with Gasteiger partial charge in [0.2, 0.25) is 0 Å². The highest BCUT2D eigenvalue weighted by Gasteiger charge is 2.23. The van der Waals surface area contributed by atoms with Crippen molar-refractivity contribution in [2.75, 3.05) is 6.61 Å². The molecule has 138 valence electrons. The van der Waals surface area contributed by atoms with Crippen molar-refractivity contribution in [3.05, 3.63) is 71.8 Å². The van der Waals surface area contributed by atoms with Gasteiger partial charge in [-0.25, -0.2) is 4.79 Å². The van der Waals surface area contributed by atoms with Gasteiger partial charge < -0.3 is 19.9 Å². The Morgan fingerprint density at radius 2 is 1.54 bits per heavy atom. The minimum Gasteiger partial charge on any atom is -0.463 e. The van der Waals surface area contributed by atoms with E-state index in [4.69, 9.17) is 9.47 Å². The van der Waals surface area contributed by atoms with E-state index in [2.05, 4.69) is 5.32 Å². The Hall–Kier alpha value is -2.86. The molecule has 0 aliphatic carbocycles. The van der Waals surface area contributed by atoms with Crippen LogP contribution in [0.15, 0.2) is 60.7 Å². The van der Waals surface area contributed by atoms with Crippen LogP contribution in [-0.2, 0) is 27.3 Å². The Morgan fingerprint density at radius 1 is 0.962 bits per heavy atom. The highest BCUT2D eigenvalue weighted by molar-refractivity contribution is 5.68. The van der Waals surface area contributed by atoms with Crippen LogP contribution in [0, 0.1) is 0 Å². The Kier molecular flexibility index (Phi) is 7.64. The van der Waals surface area contributed by atoms with E-state index < -0.39 is 24.2 Å². The number of amides is 1. The lowest BCUT2D eigenvalue weighted by molar-refractivity contribution is -0.144. The number of benzene rings is 2. The smallest absolute Gasteiger partial charge is 0.407 e. The normalized spacial score (nSPS) is 12.7. The zero-order valence-electron chi connectivity index (χ0n) is 14.6. The maximum Gasteiger partial charge on any atom is 0.407 e. The van der Waals surface area contributed by atoms with E-state index in [-0.39, 0.29) is 13.2 Å². The minimum atomic E-state index is -1.05. The summed E-state index contributed by atoms with van der Waals surface area (Å²) in [6, 6.07) is 18.1. The van der Waals surface area contributed by atoms with Crippen LogP contribution in [0.4, 0.5) is 4.79 Å². The van der Waals surface area contributed by atoms with Crippen LogP contribution in [0.5, 0.6) is 0 Å². The Bertz CT molecular complexity index is 690. The van der Waals surface area contributed by atoms with Gasteiger partial charge in [0.25, 0.3) is 0 Å². The Balaban J connectivity index is 1.95. The van der Waals surface area contributed by atoms with Gasteiger partial charge in [-0.05, 0) is 17.5 Å². The van der Waals surface area contributed by atoms with Gasteiger partial charge >= 0.3 is 12.1 Å². The summed E-state index contributed by atoms with van der Waals surface area (Å²) in [4.78, 5) is 23.1. The molecule has 26 heavy (non-hydrogen) atoms. The molecule has 2 aromatic carbocycles. The number of ether oxygens (including phenoxy) is 2. The number of aliphatic hydroxyl groups excluding tert-OH is 1. The number of carbonyl (C=O) groups excluding carboxylic acids is 2. The van der Waals surface area contributed by atoms with Crippen LogP contribution in [0.3, 0.4) is 0 Å². The second-order valence-corrected chi connectivity index (χ2v) is 5.87. The topological polar surface area (TPSA) is 84.9 Å². The van der Waals surface area contributed by atoms with Gasteiger partial charge in [0.05, 0.1) is 6.04 Å². The van der Waals surface area contributed by atoms with Gasteiger partial charge in [-0.3, -0.25) is 4.79 Å². The molecule has 0 fully saturated rings. The molecule has 6 heteroatoms. The van der Waals surface area contributed by atoms with E-state index in [0.717, 1.165) is 11.1 Å². The lowest BCUT2D eigenvalue weighted by Crippen LogP contribution is -2.47. The summed E-state index contributed by atoms with van der Waals surface area (Å²) in [7, 11) is 0. The molecule has 0 heterocycles. The molecule has 0 aromatic heterocycles. The van der Waals surface area contributed by atoms with Crippen LogP contribution >= 0.6 is 0 Å². The molecule has 0 bridgehead atoms. The zero-order valence-corrected chi connectivity index (χ0v) is 14.6. The predicted octanol–water partition coefficient (Wildman–Crippen LogP) is 2.45. The molecular weight excluding hydrogens is 334 g/mol. The van der Waals surface area contributed by atoms with E-state index >= 15 is 0 Å². The van der Waals surface area contributed by atoms with Crippen molar-refractivity contribution in [1.29, 1.82) is 0 Å². The zero-order chi connectivity index (χ0) is 18.8. The molecule has 1 unspecified atom stereocenters. The van der Waals surface area contributed by atoms with Crippen LogP contribution in [-0.4, -0.2) is 35.9 Å². The molecule has 0 radical (unpaired) electrons. The van der Waals surface area contributed by atoms with Crippen molar-refractivity contribution >= 4 is 12.1 Å². The third-order valence-electron chi connectivity index (χ3n) is 3.74. The van der Waals surface area contributed by atoms with E-state index in [0.29, 0.717) is 6.42 Å². The van der Waals surface area contributed by atoms with E-state index in [1.807, 2.05) is 60.7 Å². The molecule has 2 atom stereocenters.